The van der Waals surface area contributed by atoms with E-state index >= 15 is 0 Å². The molecule has 4 rings (SSSR count). The Balaban J connectivity index is 2.03. The molecule has 1 aliphatic heterocycles. The molecule has 0 aliphatic carbocycles. The molecule has 0 atom stereocenters. The zero-order valence-corrected chi connectivity index (χ0v) is 17.6. The molecule has 6 nitrogen and oxygen atoms in total. The fraction of sp³-hybridized carbons (Fsp3) is 0.400. The maximum atomic E-state index is 13.7. The van der Waals surface area contributed by atoms with Gasteiger partial charge in [-0.05, 0) is 44.2 Å². The molecular formula is C20H23ClN4O2S. The zero-order valence-electron chi connectivity index (χ0n) is 16.0. The summed E-state index contributed by atoms with van der Waals surface area (Å²) in [6, 6.07) is 7.26. The third-order valence-corrected chi connectivity index (χ3v) is 6.49. The molecule has 1 aliphatic rings. The molecule has 0 saturated carbocycles. The summed E-state index contributed by atoms with van der Waals surface area (Å²) < 4.78 is 1.64. The summed E-state index contributed by atoms with van der Waals surface area (Å²) in [6.45, 7) is 4.79. The minimum Gasteiger partial charge on any atom is -0.395 e. The van der Waals surface area contributed by atoms with Crippen LogP contribution in [0.4, 0.5) is 5.95 Å². The Bertz CT molecular complexity index is 1080. The molecule has 0 bridgehead atoms. The largest absolute Gasteiger partial charge is 0.395 e. The van der Waals surface area contributed by atoms with Gasteiger partial charge in [0.15, 0.2) is 0 Å². The van der Waals surface area contributed by atoms with Gasteiger partial charge in [0.25, 0.3) is 5.56 Å². The van der Waals surface area contributed by atoms with Crippen LogP contribution in [0.2, 0.25) is 5.02 Å². The molecule has 0 fully saturated rings. The highest BCUT2D eigenvalue weighted by molar-refractivity contribution is 7.18. The minimum atomic E-state index is -0.0688. The number of benzene rings is 1. The van der Waals surface area contributed by atoms with E-state index in [4.69, 9.17) is 16.6 Å². The van der Waals surface area contributed by atoms with Crippen LogP contribution in [0.5, 0.6) is 0 Å². The number of nitrogens with zero attached hydrogens (tertiary/aromatic N) is 4. The van der Waals surface area contributed by atoms with Crippen molar-refractivity contribution >= 4 is 39.1 Å². The van der Waals surface area contributed by atoms with Crippen molar-refractivity contribution < 1.29 is 5.11 Å². The van der Waals surface area contributed by atoms with Gasteiger partial charge in [-0.2, -0.15) is 0 Å². The van der Waals surface area contributed by atoms with Crippen LogP contribution in [-0.2, 0) is 13.0 Å². The lowest BCUT2D eigenvalue weighted by atomic mass is 10.1. The van der Waals surface area contributed by atoms with Gasteiger partial charge in [0.05, 0.1) is 17.7 Å². The van der Waals surface area contributed by atoms with Gasteiger partial charge in [-0.1, -0.05) is 17.7 Å². The molecule has 0 amide bonds. The molecule has 28 heavy (non-hydrogen) atoms. The maximum absolute atomic E-state index is 13.7. The first-order valence-corrected chi connectivity index (χ1v) is 10.6. The lowest BCUT2D eigenvalue weighted by Crippen LogP contribution is -2.34. The van der Waals surface area contributed by atoms with E-state index in [0.29, 0.717) is 29.7 Å². The first kappa shape index (κ1) is 19.4. The molecule has 3 aromatic rings. The monoisotopic (exact) mass is 418 g/mol. The standard InChI is InChI=1S/C20H23ClN4O2S/c1-3-24(9-10-26)20-22-18-17(15-7-8-23(2)12-16(15)28-18)19(27)25(20)14-6-4-5-13(21)11-14/h4-6,11,26H,3,7-10,12H2,1-2H3. The Morgan fingerprint density at radius 2 is 2.21 bits per heavy atom. The molecular weight excluding hydrogens is 396 g/mol. The second-order valence-corrected chi connectivity index (χ2v) is 8.53. The number of anilines is 1. The molecule has 148 valence electrons. The van der Waals surface area contributed by atoms with E-state index in [1.807, 2.05) is 24.0 Å². The molecule has 0 saturated heterocycles. The molecule has 0 unspecified atom stereocenters. The highest BCUT2D eigenvalue weighted by Gasteiger charge is 2.25. The number of aliphatic hydroxyl groups excluding tert-OH is 1. The van der Waals surface area contributed by atoms with Crippen LogP contribution in [-0.4, -0.2) is 52.8 Å². The number of thiophene rings is 1. The lowest BCUT2D eigenvalue weighted by molar-refractivity contribution is 0.301. The van der Waals surface area contributed by atoms with Crippen molar-refractivity contribution in [2.75, 3.05) is 38.2 Å². The topological polar surface area (TPSA) is 61.6 Å². The number of hydrogen-bond donors (Lipinski definition) is 1. The Hall–Kier alpha value is -1.93. The molecule has 1 aromatic carbocycles. The molecule has 3 heterocycles. The Kier molecular flexibility index (Phi) is 5.42. The average Bonchev–Trinajstić information content (AvgIpc) is 3.03. The first-order valence-electron chi connectivity index (χ1n) is 9.41. The highest BCUT2D eigenvalue weighted by Crippen LogP contribution is 2.34. The van der Waals surface area contributed by atoms with Gasteiger partial charge in [-0.3, -0.25) is 4.79 Å². The third-order valence-electron chi connectivity index (χ3n) is 5.15. The number of likely N-dealkylation sites (N-methyl/N-ethyl adjacent to an activating group) is 2. The molecule has 0 spiro atoms. The Labute approximate surface area is 172 Å². The van der Waals surface area contributed by atoms with E-state index in [1.165, 1.54) is 4.88 Å². The van der Waals surface area contributed by atoms with Crippen molar-refractivity contribution in [3.8, 4) is 5.69 Å². The van der Waals surface area contributed by atoms with Gasteiger partial charge < -0.3 is 14.9 Å². The summed E-state index contributed by atoms with van der Waals surface area (Å²) in [7, 11) is 2.09. The zero-order chi connectivity index (χ0) is 19.8. The van der Waals surface area contributed by atoms with Crippen molar-refractivity contribution in [1.82, 2.24) is 14.5 Å². The second kappa shape index (κ2) is 7.83. The van der Waals surface area contributed by atoms with Gasteiger partial charge in [0.1, 0.15) is 4.83 Å². The second-order valence-electron chi connectivity index (χ2n) is 7.01. The number of halogens is 1. The number of aromatic nitrogens is 2. The summed E-state index contributed by atoms with van der Waals surface area (Å²) in [4.78, 5) is 24.8. The Morgan fingerprint density at radius 3 is 2.93 bits per heavy atom. The number of rotatable bonds is 5. The number of fused-ring (bicyclic) bond motifs is 3. The van der Waals surface area contributed by atoms with Gasteiger partial charge in [0.2, 0.25) is 5.95 Å². The smallest absolute Gasteiger partial charge is 0.268 e. The molecule has 8 heteroatoms. The fourth-order valence-corrected chi connectivity index (χ4v) is 5.21. The molecule has 0 radical (unpaired) electrons. The molecule has 1 N–H and O–H groups in total. The number of hydrogen-bond acceptors (Lipinski definition) is 6. The lowest BCUT2D eigenvalue weighted by Gasteiger charge is -2.25. The van der Waals surface area contributed by atoms with Gasteiger partial charge in [-0.15, -0.1) is 11.3 Å². The van der Waals surface area contributed by atoms with E-state index in [-0.39, 0.29) is 12.2 Å². The van der Waals surface area contributed by atoms with E-state index in [0.717, 1.165) is 35.3 Å². The van der Waals surface area contributed by atoms with E-state index in [2.05, 4.69) is 11.9 Å². The van der Waals surface area contributed by atoms with Gasteiger partial charge >= 0.3 is 0 Å². The minimum absolute atomic E-state index is 0.0109. The summed E-state index contributed by atoms with van der Waals surface area (Å²) in [6.07, 6.45) is 0.853. The van der Waals surface area contributed by atoms with Crippen molar-refractivity contribution in [3.63, 3.8) is 0 Å². The van der Waals surface area contributed by atoms with E-state index in [9.17, 15) is 9.90 Å². The predicted octanol–water partition coefficient (Wildman–Crippen LogP) is 2.91. The predicted molar refractivity (Wildman–Crippen MR) is 115 cm³/mol. The highest BCUT2D eigenvalue weighted by atomic mass is 35.5. The van der Waals surface area contributed by atoms with Crippen LogP contribution < -0.4 is 10.5 Å². The van der Waals surface area contributed by atoms with Gasteiger partial charge in [0, 0.05) is 36.1 Å². The van der Waals surface area contributed by atoms with Gasteiger partial charge in [-0.25, -0.2) is 9.55 Å². The van der Waals surface area contributed by atoms with Crippen molar-refractivity contribution in [1.29, 1.82) is 0 Å². The summed E-state index contributed by atoms with van der Waals surface area (Å²) >= 11 is 7.81. The van der Waals surface area contributed by atoms with Crippen LogP contribution >= 0.6 is 22.9 Å². The Morgan fingerprint density at radius 1 is 1.39 bits per heavy atom. The van der Waals surface area contributed by atoms with Crippen molar-refractivity contribution in [2.24, 2.45) is 0 Å². The summed E-state index contributed by atoms with van der Waals surface area (Å²) in [5.74, 6) is 0.545. The maximum Gasteiger partial charge on any atom is 0.268 e. The fourth-order valence-electron chi connectivity index (χ4n) is 3.74. The van der Waals surface area contributed by atoms with E-state index in [1.54, 1.807) is 28.0 Å². The van der Waals surface area contributed by atoms with Crippen LogP contribution in [0.25, 0.3) is 15.9 Å². The first-order chi connectivity index (χ1) is 13.5. The third kappa shape index (κ3) is 3.33. The summed E-state index contributed by atoms with van der Waals surface area (Å²) in [5, 5.41) is 10.8. The van der Waals surface area contributed by atoms with E-state index < -0.39 is 0 Å². The summed E-state index contributed by atoms with van der Waals surface area (Å²) in [5.41, 5.74) is 1.75. The van der Waals surface area contributed by atoms with Crippen LogP contribution in [0.3, 0.4) is 0 Å². The number of aliphatic hydroxyl groups is 1. The van der Waals surface area contributed by atoms with Crippen LogP contribution in [0.15, 0.2) is 29.1 Å². The molecule has 2 aromatic heterocycles. The normalized spacial score (nSPS) is 14.4. The van der Waals surface area contributed by atoms with Crippen molar-refractivity contribution in [2.45, 2.75) is 19.9 Å². The SMILES string of the molecule is CCN(CCO)c1nc2sc3c(c2c(=O)n1-c1cccc(Cl)c1)CCN(C)C3. The quantitative estimate of drug-likeness (QED) is 0.690. The van der Waals surface area contributed by atoms with Crippen LogP contribution in [0, 0.1) is 0 Å². The van der Waals surface area contributed by atoms with Crippen LogP contribution in [0.1, 0.15) is 17.4 Å². The average molecular weight is 419 g/mol. The van der Waals surface area contributed by atoms with Crippen molar-refractivity contribution in [3.05, 3.63) is 50.1 Å².